The van der Waals surface area contributed by atoms with Crippen molar-refractivity contribution in [1.82, 2.24) is 10.7 Å². The van der Waals surface area contributed by atoms with Gasteiger partial charge in [-0.15, -0.1) is 0 Å². The predicted molar refractivity (Wildman–Crippen MR) is 127 cm³/mol. The van der Waals surface area contributed by atoms with Gasteiger partial charge in [-0.2, -0.15) is 0 Å². The van der Waals surface area contributed by atoms with Gasteiger partial charge in [0.2, 0.25) is 5.91 Å². The zero-order valence-corrected chi connectivity index (χ0v) is 17.9. The first-order valence-corrected chi connectivity index (χ1v) is 10.3. The summed E-state index contributed by atoms with van der Waals surface area (Å²) in [5, 5.41) is 7.64. The Kier molecular flexibility index (Phi) is 8.16. The molecule has 3 rings (SSSR count). The van der Waals surface area contributed by atoms with Crippen LogP contribution in [0, 0.1) is 0 Å². The summed E-state index contributed by atoms with van der Waals surface area (Å²) in [6, 6.07) is 19.5. The summed E-state index contributed by atoms with van der Waals surface area (Å²) < 4.78 is 5.48. The summed E-state index contributed by atoms with van der Waals surface area (Å²) in [5.41, 5.74) is 3.42. The molecule has 0 radical (unpaired) electrons. The Labute approximate surface area is 186 Å². The van der Waals surface area contributed by atoms with Crippen LogP contribution in [-0.4, -0.2) is 37.8 Å². The van der Waals surface area contributed by atoms with Crippen LogP contribution in [0.2, 0.25) is 0 Å². The van der Waals surface area contributed by atoms with E-state index in [2.05, 4.69) is 21.1 Å². The lowest BCUT2D eigenvalue weighted by Crippen LogP contribution is -2.44. The van der Waals surface area contributed by atoms with Crippen LogP contribution in [-0.2, 0) is 4.79 Å². The zero-order valence-electron chi connectivity index (χ0n) is 17.9. The quantitative estimate of drug-likeness (QED) is 0.129. The second-order valence-corrected chi connectivity index (χ2v) is 7.13. The number of benzene rings is 3. The number of nitrogens with two attached hydrogens (primary N) is 1. The molecule has 0 unspecified atom stereocenters. The number of hydrogen-bond donors (Lipinski definition) is 4. The topological polar surface area (TPSA) is 118 Å². The molecule has 2 amide bonds. The lowest BCUT2D eigenvalue weighted by atomic mass is 10.1. The summed E-state index contributed by atoms with van der Waals surface area (Å²) in [5.74, 6) is 5.20. The number of methoxy groups -OCH3 is 1. The van der Waals surface area contributed by atoms with Crippen LogP contribution < -0.4 is 26.6 Å². The third-order valence-electron chi connectivity index (χ3n) is 4.91. The summed E-state index contributed by atoms with van der Waals surface area (Å²) >= 11 is 0. The monoisotopic (exact) mass is 433 g/mol. The standard InChI is InChI=1S/C24H27N5O3/c1-32-22-15-19(14-18-10-5-6-11-20(18)22)28-24(31)21(12-7-13-26-16-27-25)29-23(30)17-8-3-2-4-9-17/h2-6,8-11,14-16,21H,7,12-13,25H2,1H3,(H,26,27)(H,28,31)(H,29,30)/t21-/m0/s1. The number of anilines is 1. The maximum atomic E-state index is 13.1. The van der Waals surface area contributed by atoms with Gasteiger partial charge in [0.15, 0.2) is 0 Å². The maximum absolute atomic E-state index is 13.1. The molecule has 3 aromatic rings. The summed E-state index contributed by atoms with van der Waals surface area (Å²) in [7, 11) is 1.59. The van der Waals surface area contributed by atoms with Crippen LogP contribution in [0.1, 0.15) is 23.2 Å². The average molecular weight is 434 g/mol. The molecule has 8 heteroatoms. The van der Waals surface area contributed by atoms with Gasteiger partial charge in [-0.25, -0.2) is 5.84 Å². The van der Waals surface area contributed by atoms with Crippen molar-refractivity contribution in [3.63, 3.8) is 0 Å². The molecule has 166 valence electrons. The summed E-state index contributed by atoms with van der Waals surface area (Å²) in [4.78, 5) is 29.8. The molecule has 0 saturated carbocycles. The van der Waals surface area contributed by atoms with E-state index in [-0.39, 0.29) is 11.8 Å². The van der Waals surface area contributed by atoms with Gasteiger partial charge in [0.05, 0.1) is 13.4 Å². The molecule has 0 aliphatic rings. The molecule has 0 aliphatic heterocycles. The van der Waals surface area contributed by atoms with E-state index in [1.807, 2.05) is 36.4 Å². The molecule has 1 atom stereocenters. The lowest BCUT2D eigenvalue weighted by Gasteiger charge is -2.19. The highest BCUT2D eigenvalue weighted by Gasteiger charge is 2.21. The number of hydrogen-bond acceptors (Lipinski definition) is 5. The molecule has 0 bridgehead atoms. The summed E-state index contributed by atoms with van der Waals surface area (Å²) in [6.07, 6.45) is 2.39. The number of ether oxygens (including phenoxy) is 1. The van der Waals surface area contributed by atoms with E-state index in [0.717, 1.165) is 10.8 Å². The predicted octanol–water partition coefficient (Wildman–Crippen LogP) is 2.86. The van der Waals surface area contributed by atoms with Crippen molar-refractivity contribution in [3.05, 3.63) is 72.3 Å². The van der Waals surface area contributed by atoms with Crippen molar-refractivity contribution >= 4 is 34.6 Å². The van der Waals surface area contributed by atoms with Gasteiger partial charge >= 0.3 is 0 Å². The zero-order chi connectivity index (χ0) is 22.8. The second kappa shape index (κ2) is 11.5. The van der Waals surface area contributed by atoms with Crippen LogP contribution in [0.25, 0.3) is 10.8 Å². The number of aliphatic imine (C=N–C) groups is 1. The van der Waals surface area contributed by atoms with Gasteiger partial charge in [0.25, 0.3) is 5.91 Å². The van der Waals surface area contributed by atoms with Crippen molar-refractivity contribution in [1.29, 1.82) is 0 Å². The second-order valence-electron chi connectivity index (χ2n) is 7.13. The molecule has 0 fully saturated rings. The number of nitrogens with zero attached hydrogens (tertiary/aromatic N) is 1. The summed E-state index contributed by atoms with van der Waals surface area (Å²) in [6.45, 7) is 0.471. The number of nitrogens with one attached hydrogen (secondary N) is 3. The minimum absolute atomic E-state index is 0.311. The molecule has 0 saturated heterocycles. The average Bonchev–Trinajstić information content (AvgIpc) is 2.83. The van der Waals surface area contributed by atoms with E-state index in [9.17, 15) is 9.59 Å². The van der Waals surface area contributed by atoms with E-state index in [0.29, 0.717) is 36.4 Å². The molecule has 32 heavy (non-hydrogen) atoms. The molecular weight excluding hydrogens is 406 g/mol. The van der Waals surface area contributed by atoms with Crippen LogP contribution in [0.5, 0.6) is 5.75 Å². The van der Waals surface area contributed by atoms with E-state index in [1.54, 1.807) is 37.4 Å². The Morgan fingerprint density at radius 2 is 1.84 bits per heavy atom. The van der Waals surface area contributed by atoms with Gasteiger partial charge in [-0.1, -0.05) is 42.5 Å². The van der Waals surface area contributed by atoms with Gasteiger partial charge < -0.3 is 20.8 Å². The number of fused-ring (bicyclic) bond motifs is 1. The van der Waals surface area contributed by atoms with E-state index in [4.69, 9.17) is 10.6 Å². The number of hydrazine groups is 1. The molecule has 0 spiro atoms. The van der Waals surface area contributed by atoms with Crippen LogP contribution in [0.3, 0.4) is 0 Å². The first-order valence-electron chi connectivity index (χ1n) is 10.3. The van der Waals surface area contributed by atoms with Crippen molar-refractivity contribution in [2.24, 2.45) is 10.8 Å². The van der Waals surface area contributed by atoms with Crippen LogP contribution in [0.15, 0.2) is 71.7 Å². The number of carbonyl (C=O) groups excluding carboxylic acids is 2. The first-order chi connectivity index (χ1) is 15.6. The first kappa shape index (κ1) is 22.8. The fourth-order valence-electron chi connectivity index (χ4n) is 3.35. The smallest absolute Gasteiger partial charge is 0.251 e. The molecule has 0 heterocycles. The van der Waals surface area contributed by atoms with Crippen LogP contribution >= 0.6 is 0 Å². The minimum Gasteiger partial charge on any atom is -0.496 e. The fourth-order valence-corrected chi connectivity index (χ4v) is 3.35. The Balaban J connectivity index is 1.77. The highest BCUT2D eigenvalue weighted by Crippen LogP contribution is 2.29. The highest BCUT2D eigenvalue weighted by molar-refractivity contribution is 6.02. The third kappa shape index (κ3) is 6.05. The third-order valence-corrected chi connectivity index (χ3v) is 4.91. The van der Waals surface area contributed by atoms with Crippen molar-refractivity contribution in [2.75, 3.05) is 19.0 Å². The van der Waals surface area contributed by atoms with Gasteiger partial charge in [-0.3, -0.25) is 14.6 Å². The molecule has 0 aliphatic carbocycles. The van der Waals surface area contributed by atoms with Crippen molar-refractivity contribution in [2.45, 2.75) is 18.9 Å². The van der Waals surface area contributed by atoms with E-state index >= 15 is 0 Å². The molecule has 0 aromatic heterocycles. The van der Waals surface area contributed by atoms with Gasteiger partial charge in [0.1, 0.15) is 11.8 Å². The number of amides is 2. The minimum atomic E-state index is -0.735. The Morgan fingerprint density at radius 3 is 2.59 bits per heavy atom. The van der Waals surface area contributed by atoms with Crippen LogP contribution in [0.4, 0.5) is 5.69 Å². The number of rotatable bonds is 10. The molecule has 8 nitrogen and oxygen atoms in total. The molecule has 5 N–H and O–H groups in total. The Bertz CT molecular complexity index is 1090. The maximum Gasteiger partial charge on any atom is 0.251 e. The van der Waals surface area contributed by atoms with E-state index in [1.165, 1.54) is 6.34 Å². The Morgan fingerprint density at radius 1 is 1.09 bits per heavy atom. The molecule has 3 aromatic carbocycles. The molecular formula is C24H27N5O3. The van der Waals surface area contributed by atoms with Gasteiger partial charge in [0, 0.05) is 29.2 Å². The number of carbonyl (C=O) groups is 2. The van der Waals surface area contributed by atoms with Gasteiger partial charge in [-0.05, 0) is 36.4 Å². The normalized spacial score (nSPS) is 11.8. The van der Waals surface area contributed by atoms with Crippen molar-refractivity contribution in [3.8, 4) is 5.75 Å². The lowest BCUT2D eigenvalue weighted by molar-refractivity contribution is -0.118. The largest absolute Gasteiger partial charge is 0.496 e. The Hall–Kier alpha value is -3.91. The highest BCUT2D eigenvalue weighted by atomic mass is 16.5. The van der Waals surface area contributed by atoms with Crippen molar-refractivity contribution < 1.29 is 14.3 Å². The SMILES string of the molecule is COc1cc(NC(=O)[C@H](CCCN=CNN)NC(=O)c2ccccc2)cc2ccccc12. The van der Waals surface area contributed by atoms with E-state index < -0.39 is 6.04 Å². The fraction of sp³-hybridized carbons (Fsp3) is 0.208.